The zero-order valence-corrected chi connectivity index (χ0v) is 20.8. The second-order valence-corrected chi connectivity index (χ2v) is 11.0. The number of ether oxygens (including phenoxy) is 1. The summed E-state index contributed by atoms with van der Waals surface area (Å²) >= 11 is 1.77. The number of nitrogens with one attached hydrogen (secondary N) is 1. The Morgan fingerprint density at radius 1 is 0.971 bits per heavy atom. The van der Waals surface area contributed by atoms with E-state index in [-0.39, 0.29) is 0 Å². The smallest absolute Gasteiger partial charge is 0.176 e. The molecule has 0 aliphatic carbocycles. The van der Waals surface area contributed by atoms with Crippen LogP contribution < -0.4 is 4.90 Å². The summed E-state index contributed by atoms with van der Waals surface area (Å²) in [6, 6.07) is 9.14. The number of likely N-dealkylation sites (tertiary alicyclic amines) is 2. The summed E-state index contributed by atoms with van der Waals surface area (Å²) < 4.78 is 6.73. The third kappa shape index (κ3) is 4.10. The fourth-order valence-electron chi connectivity index (χ4n) is 5.65. The Morgan fingerprint density at radius 2 is 1.83 bits per heavy atom. The first kappa shape index (κ1) is 21.7. The molecule has 3 aromatic heterocycles. The molecule has 3 aliphatic rings. The predicted molar refractivity (Wildman–Crippen MR) is 140 cm³/mol. The molecule has 1 N–H and O–H groups in total. The Kier molecular flexibility index (Phi) is 5.65. The topological polar surface area (TPSA) is 73.4 Å². The van der Waals surface area contributed by atoms with Crippen LogP contribution in [0, 0.1) is 0 Å². The van der Waals surface area contributed by atoms with Crippen molar-refractivity contribution < 1.29 is 4.74 Å². The molecule has 6 heterocycles. The minimum absolute atomic E-state index is 0.728. The second-order valence-electron chi connectivity index (χ2n) is 9.87. The predicted octanol–water partition coefficient (Wildman–Crippen LogP) is 3.74. The number of piperidine rings is 1. The van der Waals surface area contributed by atoms with Crippen LogP contribution >= 0.6 is 11.3 Å². The van der Waals surface area contributed by atoms with E-state index >= 15 is 0 Å². The molecule has 35 heavy (non-hydrogen) atoms. The quantitative estimate of drug-likeness (QED) is 0.458. The SMILES string of the molecule is c1cc(-c2nc(N3CCOCC3)c3sc(CN4CCC(N5CCC5)CC4)nc3n2)c2cc[nH]c2c1. The molecule has 0 amide bonds. The first-order valence-electron chi connectivity index (χ1n) is 12.8. The third-order valence-electron chi connectivity index (χ3n) is 7.75. The summed E-state index contributed by atoms with van der Waals surface area (Å²) in [4.78, 5) is 26.0. The molecule has 9 heteroatoms. The van der Waals surface area contributed by atoms with E-state index in [0.29, 0.717) is 0 Å². The number of morpholine rings is 1. The fraction of sp³-hybridized carbons (Fsp3) is 0.500. The normalized spacial score (nSPS) is 20.6. The van der Waals surface area contributed by atoms with Gasteiger partial charge < -0.3 is 19.5 Å². The average molecular weight is 490 g/mol. The van der Waals surface area contributed by atoms with Gasteiger partial charge in [0.25, 0.3) is 0 Å². The number of hydrogen-bond acceptors (Lipinski definition) is 8. The van der Waals surface area contributed by atoms with Gasteiger partial charge in [-0.2, -0.15) is 0 Å². The van der Waals surface area contributed by atoms with Gasteiger partial charge in [-0.1, -0.05) is 12.1 Å². The van der Waals surface area contributed by atoms with Gasteiger partial charge >= 0.3 is 0 Å². The monoisotopic (exact) mass is 489 g/mol. The summed E-state index contributed by atoms with van der Waals surface area (Å²) in [5.41, 5.74) is 2.96. The molecule has 4 aromatic rings. The third-order valence-corrected chi connectivity index (χ3v) is 8.78. The molecule has 3 aliphatic heterocycles. The molecule has 3 fully saturated rings. The molecular formula is C26H31N7OS. The Balaban J connectivity index is 1.22. The second kappa shape index (κ2) is 9.13. The average Bonchev–Trinajstić information content (AvgIpc) is 3.50. The van der Waals surface area contributed by atoms with E-state index in [1.165, 1.54) is 32.4 Å². The van der Waals surface area contributed by atoms with Gasteiger partial charge in [0, 0.05) is 54.9 Å². The lowest BCUT2D eigenvalue weighted by molar-refractivity contribution is 0.0612. The van der Waals surface area contributed by atoms with Crippen molar-refractivity contribution in [1.29, 1.82) is 0 Å². The molecule has 3 saturated heterocycles. The van der Waals surface area contributed by atoms with E-state index in [1.807, 2.05) is 6.20 Å². The van der Waals surface area contributed by atoms with Crippen LogP contribution in [0.1, 0.15) is 24.3 Å². The lowest BCUT2D eigenvalue weighted by Crippen LogP contribution is -2.50. The van der Waals surface area contributed by atoms with E-state index in [4.69, 9.17) is 19.7 Å². The minimum atomic E-state index is 0.728. The maximum Gasteiger partial charge on any atom is 0.176 e. The largest absolute Gasteiger partial charge is 0.378 e. The van der Waals surface area contributed by atoms with Crippen molar-refractivity contribution >= 4 is 38.4 Å². The number of H-pyrrole nitrogens is 1. The molecule has 7 rings (SSSR count). The maximum absolute atomic E-state index is 5.63. The Hall–Kier alpha value is -2.59. The van der Waals surface area contributed by atoms with Crippen molar-refractivity contribution in [2.75, 3.05) is 57.4 Å². The molecule has 1 aromatic carbocycles. The van der Waals surface area contributed by atoms with Crippen LogP contribution in [0.2, 0.25) is 0 Å². The summed E-state index contributed by atoms with van der Waals surface area (Å²) in [6.07, 6.45) is 5.89. The maximum atomic E-state index is 5.63. The zero-order valence-electron chi connectivity index (χ0n) is 19.9. The zero-order chi connectivity index (χ0) is 23.2. The van der Waals surface area contributed by atoms with Crippen molar-refractivity contribution in [3.63, 3.8) is 0 Å². The van der Waals surface area contributed by atoms with Crippen molar-refractivity contribution in [2.45, 2.75) is 31.8 Å². The number of anilines is 1. The van der Waals surface area contributed by atoms with Gasteiger partial charge in [-0.25, -0.2) is 15.0 Å². The van der Waals surface area contributed by atoms with Crippen LogP contribution in [0.4, 0.5) is 5.82 Å². The van der Waals surface area contributed by atoms with Crippen molar-refractivity contribution in [3.8, 4) is 11.4 Å². The highest BCUT2D eigenvalue weighted by molar-refractivity contribution is 7.19. The fourth-order valence-corrected chi connectivity index (χ4v) is 6.71. The highest BCUT2D eigenvalue weighted by Crippen LogP contribution is 2.35. The van der Waals surface area contributed by atoms with Gasteiger partial charge in [-0.15, -0.1) is 11.3 Å². The number of aromatic amines is 1. The standard InChI is InChI=1S/C26H31N7OS/c1-3-20(19-5-8-27-21(19)4-1)24-29-25-23(26(30-24)33-13-15-34-16-14-33)35-22(28-25)17-31-11-6-18(7-12-31)32-9-2-10-32/h1,3-5,8,18,27H,2,6-7,9-17H2. The molecule has 0 radical (unpaired) electrons. The van der Waals surface area contributed by atoms with E-state index < -0.39 is 0 Å². The number of nitrogens with zero attached hydrogens (tertiary/aromatic N) is 6. The summed E-state index contributed by atoms with van der Waals surface area (Å²) in [7, 11) is 0. The first-order valence-corrected chi connectivity index (χ1v) is 13.7. The summed E-state index contributed by atoms with van der Waals surface area (Å²) in [5.74, 6) is 1.75. The highest BCUT2D eigenvalue weighted by Gasteiger charge is 2.28. The number of fused-ring (bicyclic) bond motifs is 2. The molecule has 0 saturated carbocycles. The van der Waals surface area contributed by atoms with Crippen LogP contribution in [0.5, 0.6) is 0 Å². The Morgan fingerprint density at radius 3 is 2.63 bits per heavy atom. The minimum Gasteiger partial charge on any atom is -0.378 e. The van der Waals surface area contributed by atoms with Gasteiger partial charge in [-0.05, 0) is 44.5 Å². The van der Waals surface area contributed by atoms with Crippen molar-refractivity contribution in [1.82, 2.24) is 29.7 Å². The van der Waals surface area contributed by atoms with Gasteiger partial charge in [0.1, 0.15) is 9.71 Å². The molecule has 182 valence electrons. The van der Waals surface area contributed by atoms with E-state index in [9.17, 15) is 0 Å². The molecule has 0 unspecified atom stereocenters. The summed E-state index contributed by atoms with van der Waals surface area (Å²) in [5, 5.41) is 2.28. The molecule has 0 atom stereocenters. The van der Waals surface area contributed by atoms with Gasteiger partial charge in [0.2, 0.25) is 0 Å². The lowest BCUT2D eigenvalue weighted by atomic mass is 10.00. The Labute approximate surface area is 208 Å². The summed E-state index contributed by atoms with van der Waals surface area (Å²) in [6.45, 7) is 8.94. The van der Waals surface area contributed by atoms with Crippen molar-refractivity contribution in [2.24, 2.45) is 0 Å². The van der Waals surface area contributed by atoms with Crippen LogP contribution in [-0.4, -0.2) is 88.3 Å². The van der Waals surface area contributed by atoms with Gasteiger partial charge in [0.15, 0.2) is 17.3 Å². The number of benzene rings is 1. The molecule has 8 nitrogen and oxygen atoms in total. The molecule has 0 bridgehead atoms. The van der Waals surface area contributed by atoms with E-state index in [1.54, 1.807) is 11.3 Å². The number of hydrogen-bond donors (Lipinski definition) is 1. The van der Waals surface area contributed by atoms with Crippen LogP contribution in [0.15, 0.2) is 30.5 Å². The van der Waals surface area contributed by atoms with E-state index in [2.05, 4.69) is 43.9 Å². The van der Waals surface area contributed by atoms with Crippen LogP contribution in [0.3, 0.4) is 0 Å². The number of aromatic nitrogens is 4. The van der Waals surface area contributed by atoms with Crippen LogP contribution in [-0.2, 0) is 11.3 Å². The van der Waals surface area contributed by atoms with Gasteiger partial charge in [0.05, 0.1) is 19.8 Å². The number of thiazole rings is 1. The van der Waals surface area contributed by atoms with E-state index in [0.717, 1.165) is 95.4 Å². The highest BCUT2D eigenvalue weighted by atomic mass is 32.1. The van der Waals surface area contributed by atoms with Gasteiger partial charge in [-0.3, -0.25) is 4.90 Å². The first-order chi connectivity index (χ1) is 17.3. The lowest BCUT2D eigenvalue weighted by Gasteiger charge is -2.42. The van der Waals surface area contributed by atoms with Crippen LogP contribution in [0.25, 0.3) is 32.6 Å². The molecular weight excluding hydrogens is 458 g/mol. The molecule has 0 spiro atoms. The Bertz CT molecular complexity index is 1330. The number of rotatable bonds is 5. The van der Waals surface area contributed by atoms with Crippen molar-refractivity contribution in [3.05, 3.63) is 35.5 Å².